The van der Waals surface area contributed by atoms with E-state index in [0.717, 1.165) is 12.0 Å². The van der Waals surface area contributed by atoms with Crippen LogP contribution >= 0.6 is 11.6 Å². The van der Waals surface area contributed by atoms with E-state index in [2.05, 4.69) is 10.3 Å². The first kappa shape index (κ1) is 22.0. The maximum absolute atomic E-state index is 13.2. The third-order valence-electron chi connectivity index (χ3n) is 4.73. The standard InChI is InChI=1S/C20H23ClF2N4O3/c1-3-30-24-10-13-6-7-17(16(21)9-13)29-12-14-5-4-8-27(14)20(28)15-11-26(2)25-18(15)19(22)23/h6-7,9-11,14,19H,3-5,8,12H2,1-2H3/b24-10+. The van der Waals surface area contributed by atoms with E-state index in [4.69, 9.17) is 21.2 Å². The molecule has 1 aromatic heterocycles. The van der Waals surface area contributed by atoms with Gasteiger partial charge in [-0.2, -0.15) is 5.10 Å². The highest BCUT2D eigenvalue weighted by Gasteiger charge is 2.33. The summed E-state index contributed by atoms with van der Waals surface area (Å²) < 4.78 is 33.5. The van der Waals surface area contributed by atoms with E-state index in [1.54, 1.807) is 29.3 Å². The van der Waals surface area contributed by atoms with Crippen molar-refractivity contribution in [1.29, 1.82) is 0 Å². The number of hydrogen-bond donors (Lipinski definition) is 0. The minimum absolute atomic E-state index is 0.0737. The smallest absolute Gasteiger partial charge is 0.282 e. The largest absolute Gasteiger partial charge is 0.490 e. The molecule has 1 aromatic carbocycles. The number of oxime groups is 1. The summed E-state index contributed by atoms with van der Waals surface area (Å²) in [5.74, 6) is 0.0113. The highest BCUT2D eigenvalue weighted by molar-refractivity contribution is 6.32. The SMILES string of the molecule is CCO/N=C/c1ccc(OCC2CCCN2C(=O)c2cn(C)nc2C(F)F)c(Cl)c1. The molecule has 0 spiro atoms. The first-order valence-corrected chi connectivity index (χ1v) is 9.98. The molecule has 1 aliphatic rings. The highest BCUT2D eigenvalue weighted by Crippen LogP contribution is 2.29. The van der Waals surface area contributed by atoms with Gasteiger partial charge in [-0.25, -0.2) is 8.78 Å². The van der Waals surface area contributed by atoms with Crippen LogP contribution in [0.25, 0.3) is 0 Å². The van der Waals surface area contributed by atoms with Crippen LogP contribution in [-0.2, 0) is 11.9 Å². The molecule has 1 saturated heterocycles. The van der Waals surface area contributed by atoms with Crippen molar-refractivity contribution in [2.75, 3.05) is 19.8 Å². The number of alkyl halides is 2. The second-order valence-electron chi connectivity index (χ2n) is 6.85. The van der Waals surface area contributed by atoms with Crippen LogP contribution in [0.4, 0.5) is 8.78 Å². The maximum Gasteiger partial charge on any atom is 0.282 e. The average Bonchev–Trinajstić information content (AvgIpc) is 3.33. The van der Waals surface area contributed by atoms with Gasteiger partial charge >= 0.3 is 0 Å². The molecule has 1 fully saturated rings. The molecule has 1 unspecified atom stereocenters. The summed E-state index contributed by atoms with van der Waals surface area (Å²) in [4.78, 5) is 19.4. The number of amides is 1. The van der Waals surface area contributed by atoms with Crippen LogP contribution in [0.1, 0.15) is 47.8 Å². The lowest BCUT2D eigenvalue weighted by atomic mass is 10.2. The Bertz CT molecular complexity index is 919. The van der Waals surface area contributed by atoms with Crippen LogP contribution in [0.2, 0.25) is 5.02 Å². The van der Waals surface area contributed by atoms with Gasteiger partial charge in [-0.05, 0) is 43.5 Å². The molecule has 1 atom stereocenters. The summed E-state index contributed by atoms with van der Waals surface area (Å²) in [6.07, 6.45) is 1.55. The molecule has 0 bridgehead atoms. The Kier molecular flexibility index (Phi) is 7.25. The summed E-state index contributed by atoms with van der Waals surface area (Å²) in [6.45, 7) is 2.99. The first-order valence-electron chi connectivity index (χ1n) is 9.61. The van der Waals surface area contributed by atoms with Crippen LogP contribution in [0.3, 0.4) is 0 Å². The van der Waals surface area contributed by atoms with Crippen molar-refractivity contribution in [3.05, 3.63) is 46.2 Å². The van der Waals surface area contributed by atoms with Crippen LogP contribution in [0.5, 0.6) is 5.75 Å². The summed E-state index contributed by atoms with van der Waals surface area (Å²) >= 11 is 6.28. The average molecular weight is 441 g/mol. The Balaban J connectivity index is 1.66. The number of carbonyl (C=O) groups excluding carboxylic acids is 1. The van der Waals surface area contributed by atoms with Crippen molar-refractivity contribution in [2.24, 2.45) is 12.2 Å². The van der Waals surface area contributed by atoms with E-state index in [9.17, 15) is 13.6 Å². The molecule has 1 aliphatic heterocycles. The zero-order valence-electron chi connectivity index (χ0n) is 16.7. The topological polar surface area (TPSA) is 69.0 Å². The normalized spacial score (nSPS) is 16.6. The maximum atomic E-state index is 13.2. The van der Waals surface area contributed by atoms with Crippen molar-refractivity contribution < 1.29 is 23.1 Å². The van der Waals surface area contributed by atoms with E-state index in [1.165, 1.54) is 17.9 Å². The highest BCUT2D eigenvalue weighted by atomic mass is 35.5. The number of benzene rings is 1. The van der Waals surface area contributed by atoms with Crippen molar-refractivity contribution in [2.45, 2.75) is 32.2 Å². The number of aromatic nitrogens is 2. The minimum atomic E-state index is -2.81. The number of likely N-dealkylation sites (tertiary alicyclic amines) is 1. The van der Waals surface area contributed by atoms with Gasteiger partial charge in [0.15, 0.2) is 0 Å². The van der Waals surface area contributed by atoms with E-state index in [-0.39, 0.29) is 18.2 Å². The number of hydrogen-bond acceptors (Lipinski definition) is 5. The Labute approximate surface area is 178 Å². The van der Waals surface area contributed by atoms with Gasteiger partial charge in [-0.15, -0.1) is 0 Å². The van der Waals surface area contributed by atoms with Gasteiger partial charge in [0, 0.05) is 19.8 Å². The molecule has 7 nitrogen and oxygen atoms in total. The molecule has 2 heterocycles. The Hall–Kier alpha value is -2.68. The molecular formula is C20H23ClF2N4O3. The number of ether oxygens (including phenoxy) is 1. The van der Waals surface area contributed by atoms with E-state index < -0.39 is 18.0 Å². The summed E-state index contributed by atoms with van der Waals surface area (Å²) in [5.41, 5.74) is 0.186. The van der Waals surface area contributed by atoms with Gasteiger partial charge in [0.05, 0.1) is 22.8 Å². The van der Waals surface area contributed by atoms with Crippen LogP contribution in [0.15, 0.2) is 29.6 Å². The van der Waals surface area contributed by atoms with Gasteiger partial charge in [0.25, 0.3) is 12.3 Å². The molecule has 1 amide bonds. The molecule has 30 heavy (non-hydrogen) atoms. The van der Waals surface area contributed by atoms with Gasteiger partial charge in [0.1, 0.15) is 24.7 Å². The second-order valence-corrected chi connectivity index (χ2v) is 7.26. The molecular weight excluding hydrogens is 418 g/mol. The molecule has 0 aliphatic carbocycles. The lowest BCUT2D eigenvalue weighted by Gasteiger charge is -2.25. The second kappa shape index (κ2) is 9.88. The number of rotatable bonds is 8. The zero-order chi connectivity index (χ0) is 21.7. The fraction of sp³-hybridized carbons (Fsp3) is 0.450. The van der Waals surface area contributed by atoms with Crippen molar-refractivity contribution in [1.82, 2.24) is 14.7 Å². The quantitative estimate of drug-likeness (QED) is 0.458. The predicted octanol–water partition coefficient (Wildman–Crippen LogP) is 4.07. The Morgan fingerprint density at radius 3 is 2.97 bits per heavy atom. The number of carbonyl (C=O) groups is 1. The molecule has 0 N–H and O–H groups in total. The molecule has 2 aromatic rings. The lowest BCUT2D eigenvalue weighted by Crippen LogP contribution is -2.39. The fourth-order valence-electron chi connectivity index (χ4n) is 3.34. The Morgan fingerprint density at radius 1 is 1.47 bits per heavy atom. The number of aryl methyl sites for hydroxylation is 1. The molecule has 162 valence electrons. The number of halogens is 3. The van der Waals surface area contributed by atoms with Gasteiger partial charge < -0.3 is 14.5 Å². The summed E-state index contributed by atoms with van der Waals surface area (Å²) in [6, 6.07) is 4.96. The monoisotopic (exact) mass is 440 g/mol. The molecule has 0 saturated carbocycles. The molecule has 10 heteroatoms. The van der Waals surface area contributed by atoms with Crippen LogP contribution < -0.4 is 4.74 Å². The van der Waals surface area contributed by atoms with Crippen LogP contribution in [-0.4, -0.2) is 52.6 Å². The van der Waals surface area contributed by atoms with Crippen molar-refractivity contribution in [3.63, 3.8) is 0 Å². The fourth-order valence-corrected chi connectivity index (χ4v) is 3.58. The van der Waals surface area contributed by atoms with Gasteiger partial charge in [0.2, 0.25) is 0 Å². The van der Waals surface area contributed by atoms with Crippen LogP contribution in [0, 0.1) is 0 Å². The van der Waals surface area contributed by atoms with E-state index in [1.807, 2.05) is 6.92 Å². The Morgan fingerprint density at radius 2 is 2.27 bits per heavy atom. The predicted molar refractivity (Wildman–Crippen MR) is 108 cm³/mol. The first-order chi connectivity index (χ1) is 14.4. The lowest BCUT2D eigenvalue weighted by molar-refractivity contribution is 0.0680. The van der Waals surface area contributed by atoms with E-state index in [0.29, 0.717) is 30.3 Å². The van der Waals surface area contributed by atoms with E-state index >= 15 is 0 Å². The zero-order valence-corrected chi connectivity index (χ0v) is 17.5. The molecule has 0 radical (unpaired) electrons. The third-order valence-corrected chi connectivity index (χ3v) is 5.02. The summed E-state index contributed by atoms with van der Waals surface area (Å²) in [7, 11) is 1.51. The van der Waals surface area contributed by atoms with Gasteiger partial charge in [-0.3, -0.25) is 9.48 Å². The third kappa shape index (κ3) is 5.08. The minimum Gasteiger partial charge on any atom is -0.490 e. The molecule has 3 rings (SSSR count). The van der Waals surface area contributed by atoms with Crippen molar-refractivity contribution >= 4 is 23.7 Å². The number of nitrogens with zero attached hydrogens (tertiary/aromatic N) is 4. The van der Waals surface area contributed by atoms with Crippen molar-refractivity contribution in [3.8, 4) is 5.75 Å². The van der Waals surface area contributed by atoms with Gasteiger partial charge in [-0.1, -0.05) is 16.8 Å². The summed E-state index contributed by atoms with van der Waals surface area (Å²) in [5, 5.41) is 7.91.